The molecule has 0 unspecified atom stereocenters. The summed E-state index contributed by atoms with van der Waals surface area (Å²) < 4.78 is 3.95. The number of hydrogen-bond acceptors (Lipinski definition) is 2. The van der Waals surface area contributed by atoms with E-state index in [4.69, 9.17) is 0 Å². The molecular weight excluding hydrogens is 288 g/mol. The topological polar surface area (TPSA) is 51.9 Å². The lowest BCUT2D eigenvalue weighted by Gasteiger charge is -2.18. The van der Waals surface area contributed by atoms with Gasteiger partial charge in [0.2, 0.25) is 5.91 Å². The van der Waals surface area contributed by atoms with Gasteiger partial charge in [0.15, 0.2) is 0 Å². The Labute approximate surface area is 135 Å². The SMILES string of the molecule is CC(C)(C)n1cc(NC(=O)CCn2ccc3ccccc32)cn1. The number of carbonyl (C=O) groups is 1. The Bertz CT molecular complexity index is 823. The first-order valence-corrected chi connectivity index (χ1v) is 7.82. The first-order chi connectivity index (χ1) is 10.9. The van der Waals surface area contributed by atoms with Gasteiger partial charge < -0.3 is 9.88 Å². The van der Waals surface area contributed by atoms with Crippen molar-refractivity contribution in [2.75, 3.05) is 5.32 Å². The Morgan fingerprint density at radius 2 is 2.00 bits per heavy atom. The Kier molecular flexibility index (Phi) is 3.94. The monoisotopic (exact) mass is 310 g/mol. The lowest BCUT2D eigenvalue weighted by atomic mass is 10.1. The van der Waals surface area contributed by atoms with E-state index in [1.165, 1.54) is 5.39 Å². The van der Waals surface area contributed by atoms with Crippen molar-refractivity contribution in [3.63, 3.8) is 0 Å². The summed E-state index contributed by atoms with van der Waals surface area (Å²) in [5.74, 6) is -0.00348. The van der Waals surface area contributed by atoms with E-state index in [-0.39, 0.29) is 11.4 Å². The second-order valence-corrected chi connectivity index (χ2v) is 6.71. The first kappa shape index (κ1) is 15.3. The Morgan fingerprint density at radius 3 is 2.74 bits per heavy atom. The maximum atomic E-state index is 12.1. The number of aromatic nitrogens is 3. The highest BCUT2D eigenvalue weighted by molar-refractivity contribution is 5.90. The molecule has 0 fully saturated rings. The van der Waals surface area contributed by atoms with Gasteiger partial charge in [-0.05, 0) is 38.3 Å². The van der Waals surface area contributed by atoms with E-state index >= 15 is 0 Å². The van der Waals surface area contributed by atoms with Crippen LogP contribution in [0.2, 0.25) is 0 Å². The summed E-state index contributed by atoms with van der Waals surface area (Å²) in [7, 11) is 0. The molecule has 0 aliphatic carbocycles. The van der Waals surface area contributed by atoms with Gasteiger partial charge in [-0.1, -0.05) is 18.2 Å². The number of carbonyl (C=O) groups excluding carboxylic acids is 1. The molecule has 3 aromatic rings. The third-order valence-corrected chi connectivity index (χ3v) is 3.81. The fourth-order valence-corrected chi connectivity index (χ4v) is 2.54. The third kappa shape index (κ3) is 3.44. The molecule has 5 nitrogen and oxygen atoms in total. The van der Waals surface area contributed by atoms with Crippen LogP contribution in [0.15, 0.2) is 48.9 Å². The molecule has 0 bridgehead atoms. The maximum Gasteiger partial charge on any atom is 0.226 e. The molecule has 0 atom stereocenters. The molecule has 1 aromatic carbocycles. The number of fused-ring (bicyclic) bond motifs is 1. The molecule has 3 rings (SSSR count). The smallest absolute Gasteiger partial charge is 0.226 e. The molecule has 2 aromatic heterocycles. The minimum absolute atomic E-state index is 0.00348. The van der Waals surface area contributed by atoms with Crippen LogP contribution in [-0.4, -0.2) is 20.3 Å². The van der Waals surface area contributed by atoms with Crippen molar-refractivity contribution in [3.05, 3.63) is 48.9 Å². The van der Waals surface area contributed by atoms with E-state index in [1.807, 2.05) is 29.2 Å². The lowest BCUT2D eigenvalue weighted by molar-refractivity contribution is -0.116. The first-order valence-electron chi connectivity index (χ1n) is 7.82. The molecule has 0 aliphatic rings. The Balaban J connectivity index is 1.60. The van der Waals surface area contributed by atoms with Crippen LogP contribution in [0, 0.1) is 0 Å². The van der Waals surface area contributed by atoms with Crippen molar-refractivity contribution in [2.24, 2.45) is 0 Å². The normalized spacial score (nSPS) is 11.8. The second kappa shape index (κ2) is 5.91. The number of rotatable bonds is 4. The lowest BCUT2D eigenvalue weighted by Crippen LogP contribution is -2.22. The van der Waals surface area contributed by atoms with Gasteiger partial charge in [-0.2, -0.15) is 5.10 Å². The van der Waals surface area contributed by atoms with Crippen molar-refractivity contribution in [3.8, 4) is 0 Å². The van der Waals surface area contributed by atoms with Crippen molar-refractivity contribution in [1.82, 2.24) is 14.3 Å². The number of nitrogens with zero attached hydrogens (tertiary/aromatic N) is 3. The highest BCUT2D eigenvalue weighted by Gasteiger charge is 2.14. The minimum atomic E-state index is -0.0902. The summed E-state index contributed by atoms with van der Waals surface area (Å²) >= 11 is 0. The number of para-hydroxylation sites is 1. The zero-order valence-electron chi connectivity index (χ0n) is 13.8. The molecule has 1 amide bonds. The van der Waals surface area contributed by atoms with Crippen LogP contribution in [0.3, 0.4) is 0 Å². The number of benzene rings is 1. The second-order valence-electron chi connectivity index (χ2n) is 6.71. The van der Waals surface area contributed by atoms with E-state index in [1.54, 1.807) is 6.20 Å². The molecule has 1 N–H and O–H groups in total. The quantitative estimate of drug-likeness (QED) is 0.800. The van der Waals surface area contributed by atoms with Gasteiger partial charge in [0.05, 0.1) is 17.4 Å². The van der Waals surface area contributed by atoms with E-state index in [0.717, 1.165) is 11.2 Å². The number of amides is 1. The average Bonchev–Trinajstić information content (AvgIpc) is 3.11. The van der Waals surface area contributed by atoms with Crippen LogP contribution in [0.4, 0.5) is 5.69 Å². The maximum absolute atomic E-state index is 12.1. The van der Waals surface area contributed by atoms with E-state index in [0.29, 0.717) is 13.0 Å². The molecule has 0 spiro atoms. The summed E-state index contributed by atoms with van der Waals surface area (Å²) in [5, 5.41) is 8.39. The largest absolute Gasteiger partial charge is 0.347 e. The van der Waals surface area contributed by atoms with E-state index in [9.17, 15) is 4.79 Å². The summed E-state index contributed by atoms with van der Waals surface area (Å²) in [6.45, 7) is 6.88. The predicted molar refractivity (Wildman–Crippen MR) is 92.4 cm³/mol. The van der Waals surface area contributed by atoms with Gasteiger partial charge in [-0.15, -0.1) is 0 Å². The van der Waals surface area contributed by atoms with Gasteiger partial charge in [-0.25, -0.2) is 0 Å². The van der Waals surface area contributed by atoms with Crippen LogP contribution in [-0.2, 0) is 16.9 Å². The van der Waals surface area contributed by atoms with Crippen molar-refractivity contribution in [1.29, 1.82) is 0 Å². The molecule has 0 saturated heterocycles. The average molecular weight is 310 g/mol. The summed E-state index contributed by atoms with van der Waals surface area (Å²) in [6.07, 6.45) is 6.01. The summed E-state index contributed by atoms with van der Waals surface area (Å²) in [5.41, 5.74) is 1.80. The third-order valence-electron chi connectivity index (χ3n) is 3.81. The highest BCUT2D eigenvalue weighted by atomic mass is 16.1. The molecule has 120 valence electrons. The molecule has 5 heteroatoms. The fourth-order valence-electron chi connectivity index (χ4n) is 2.54. The minimum Gasteiger partial charge on any atom is -0.347 e. The van der Waals surface area contributed by atoms with Crippen LogP contribution >= 0.6 is 0 Å². The fraction of sp³-hybridized carbons (Fsp3) is 0.333. The van der Waals surface area contributed by atoms with E-state index in [2.05, 4.69) is 54.0 Å². The van der Waals surface area contributed by atoms with Crippen LogP contribution in [0.25, 0.3) is 10.9 Å². The van der Waals surface area contributed by atoms with Crippen LogP contribution in [0.5, 0.6) is 0 Å². The van der Waals surface area contributed by atoms with Crippen molar-refractivity contribution < 1.29 is 4.79 Å². The summed E-state index contributed by atoms with van der Waals surface area (Å²) in [4.78, 5) is 12.1. The molecule has 0 aliphatic heterocycles. The molecule has 2 heterocycles. The Hall–Kier alpha value is -2.56. The van der Waals surface area contributed by atoms with Gasteiger partial charge in [0.1, 0.15) is 0 Å². The highest BCUT2D eigenvalue weighted by Crippen LogP contribution is 2.17. The van der Waals surface area contributed by atoms with Crippen LogP contribution in [0.1, 0.15) is 27.2 Å². The zero-order chi connectivity index (χ0) is 16.4. The van der Waals surface area contributed by atoms with Crippen LogP contribution < -0.4 is 5.32 Å². The van der Waals surface area contributed by atoms with E-state index < -0.39 is 0 Å². The van der Waals surface area contributed by atoms with Gasteiger partial charge >= 0.3 is 0 Å². The molecule has 0 saturated carbocycles. The number of aryl methyl sites for hydroxylation is 1. The van der Waals surface area contributed by atoms with Gasteiger partial charge in [0.25, 0.3) is 0 Å². The standard InChI is InChI=1S/C18H22N4O/c1-18(2,3)22-13-15(12-19-22)20-17(23)9-11-21-10-8-14-6-4-5-7-16(14)21/h4-8,10,12-13H,9,11H2,1-3H3,(H,20,23). The molecule has 0 radical (unpaired) electrons. The number of hydrogen-bond donors (Lipinski definition) is 1. The number of anilines is 1. The van der Waals surface area contributed by atoms with Gasteiger partial charge in [-0.3, -0.25) is 9.48 Å². The summed E-state index contributed by atoms with van der Waals surface area (Å²) in [6, 6.07) is 10.3. The molecular formula is C18H22N4O. The number of nitrogens with one attached hydrogen (secondary N) is 1. The van der Waals surface area contributed by atoms with Crippen molar-refractivity contribution >= 4 is 22.5 Å². The predicted octanol–water partition coefficient (Wildman–Crippen LogP) is 3.62. The Morgan fingerprint density at radius 1 is 1.22 bits per heavy atom. The van der Waals surface area contributed by atoms with Gasteiger partial charge in [0, 0.05) is 30.9 Å². The molecule has 23 heavy (non-hydrogen) atoms. The van der Waals surface area contributed by atoms with Crippen molar-refractivity contribution in [2.45, 2.75) is 39.3 Å². The zero-order valence-corrected chi connectivity index (χ0v) is 13.8.